The minimum atomic E-state index is -0.125. The fraction of sp³-hybridized carbons (Fsp3) is 0.333. The number of nitrogens with one attached hydrogen (secondary N) is 1. The lowest BCUT2D eigenvalue weighted by Crippen LogP contribution is -2.23. The van der Waals surface area contributed by atoms with E-state index in [1.165, 1.54) is 28.7 Å². The topological polar surface area (TPSA) is 76.9 Å². The summed E-state index contributed by atoms with van der Waals surface area (Å²) in [6.45, 7) is 6.95. The van der Waals surface area contributed by atoms with E-state index in [-0.39, 0.29) is 17.2 Å². The molecule has 32 heavy (non-hydrogen) atoms. The van der Waals surface area contributed by atoms with Crippen LogP contribution in [0.1, 0.15) is 45.1 Å². The van der Waals surface area contributed by atoms with Crippen molar-refractivity contribution in [3.8, 4) is 0 Å². The highest BCUT2D eigenvalue weighted by Gasteiger charge is 2.17. The highest BCUT2D eigenvalue weighted by Crippen LogP contribution is 2.30. The Labute approximate surface area is 195 Å². The van der Waals surface area contributed by atoms with E-state index in [4.69, 9.17) is 4.98 Å². The number of amides is 1. The molecule has 0 aliphatic carbocycles. The van der Waals surface area contributed by atoms with Crippen molar-refractivity contribution in [1.29, 1.82) is 0 Å². The number of hydrogen-bond acceptors (Lipinski definition) is 6. The first-order valence-electron chi connectivity index (χ1n) is 10.8. The molecule has 0 unspecified atom stereocenters. The molecule has 166 valence electrons. The summed E-state index contributed by atoms with van der Waals surface area (Å²) in [7, 11) is 0. The Balaban J connectivity index is 1.58. The molecule has 6 nitrogen and oxygen atoms in total. The second-order valence-electron chi connectivity index (χ2n) is 7.95. The third-order valence-electron chi connectivity index (χ3n) is 5.25. The lowest BCUT2D eigenvalue weighted by Gasteiger charge is -2.12. The molecule has 3 heterocycles. The third kappa shape index (κ3) is 4.71. The van der Waals surface area contributed by atoms with Gasteiger partial charge in [0.2, 0.25) is 5.91 Å². The minimum absolute atomic E-state index is 0.0568. The maximum Gasteiger partial charge on any atom is 0.272 e. The molecule has 0 bridgehead atoms. The first-order valence-corrected chi connectivity index (χ1v) is 12.6. The molecule has 1 N–H and O–H groups in total. The van der Waals surface area contributed by atoms with E-state index in [0.717, 1.165) is 28.7 Å². The maximum absolute atomic E-state index is 13.2. The fourth-order valence-corrected chi connectivity index (χ4v) is 5.29. The van der Waals surface area contributed by atoms with Gasteiger partial charge in [-0.25, -0.2) is 9.97 Å². The number of unbranched alkanes of at least 4 members (excludes halogenated alkanes) is 1. The van der Waals surface area contributed by atoms with Crippen LogP contribution in [0.5, 0.6) is 0 Å². The first-order chi connectivity index (χ1) is 15.5. The Bertz CT molecular complexity index is 1310. The van der Waals surface area contributed by atoms with Crippen molar-refractivity contribution in [2.24, 2.45) is 0 Å². The smallest absolute Gasteiger partial charge is 0.272 e. The van der Waals surface area contributed by atoms with Gasteiger partial charge in [-0.1, -0.05) is 51.1 Å². The number of fused-ring (bicyclic) bond motifs is 3. The van der Waals surface area contributed by atoms with Crippen LogP contribution in [-0.4, -0.2) is 26.2 Å². The Morgan fingerprint density at radius 1 is 1.22 bits per heavy atom. The van der Waals surface area contributed by atoms with Gasteiger partial charge in [-0.3, -0.25) is 14.2 Å². The van der Waals surface area contributed by atoms with Crippen molar-refractivity contribution in [3.63, 3.8) is 0 Å². The Hall–Kier alpha value is -2.71. The van der Waals surface area contributed by atoms with Gasteiger partial charge in [-0.05, 0) is 42.2 Å². The van der Waals surface area contributed by atoms with Crippen LogP contribution in [0.25, 0.3) is 20.4 Å². The van der Waals surface area contributed by atoms with Crippen molar-refractivity contribution >= 4 is 55.1 Å². The van der Waals surface area contributed by atoms with Crippen LogP contribution in [0.3, 0.4) is 0 Å². The summed E-state index contributed by atoms with van der Waals surface area (Å²) < 4.78 is 2.32. The second-order valence-corrected chi connectivity index (χ2v) is 9.90. The SMILES string of the molecule is CCCCn1c(SCC(=O)Nc2ccc(C(C)C)cc2)nc2c(sc3ncccc32)c1=O. The summed E-state index contributed by atoms with van der Waals surface area (Å²) in [4.78, 5) is 35.8. The number of thiophene rings is 1. The monoisotopic (exact) mass is 466 g/mol. The van der Waals surface area contributed by atoms with Crippen LogP contribution in [0.15, 0.2) is 52.5 Å². The molecule has 0 saturated carbocycles. The van der Waals surface area contributed by atoms with Crippen molar-refractivity contribution in [2.75, 3.05) is 11.1 Å². The summed E-state index contributed by atoms with van der Waals surface area (Å²) in [5.41, 5.74) is 2.61. The van der Waals surface area contributed by atoms with Crippen molar-refractivity contribution < 1.29 is 4.79 Å². The van der Waals surface area contributed by atoms with Gasteiger partial charge in [0.1, 0.15) is 9.53 Å². The first kappa shape index (κ1) is 22.5. The van der Waals surface area contributed by atoms with Crippen LogP contribution >= 0.6 is 23.1 Å². The maximum atomic E-state index is 13.2. The number of pyridine rings is 1. The molecule has 4 rings (SSSR count). The van der Waals surface area contributed by atoms with Gasteiger partial charge in [-0.15, -0.1) is 11.3 Å². The van der Waals surface area contributed by atoms with Crippen LogP contribution in [0.2, 0.25) is 0 Å². The lowest BCUT2D eigenvalue weighted by atomic mass is 10.0. The summed E-state index contributed by atoms with van der Waals surface area (Å²) in [5, 5.41) is 4.39. The average molecular weight is 467 g/mol. The molecule has 0 fully saturated rings. The van der Waals surface area contributed by atoms with E-state index < -0.39 is 0 Å². The number of carbonyl (C=O) groups excluding carboxylic acids is 1. The van der Waals surface area contributed by atoms with Crippen molar-refractivity contribution in [1.82, 2.24) is 14.5 Å². The van der Waals surface area contributed by atoms with Crippen LogP contribution in [0, 0.1) is 0 Å². The summed E-state index contributed by atoms with van der Waals surface area (Å²) >= 11 is 2.68. The number of anilines is 1. The number of nitrogens with zero attached hydrogens (tertiary/aromatic N) is 3. The van der Waals surface area contributed by atoms with E-state index in [1.807, 2.05) is 36.4 Å². The van der Waals surface area contributed by atoms with E-state index >= 15 is 0 Å². The van der Waals surface area contributed by atoms with Crippen LogP contribution in [-0.2, 0) is 11.3 Å². The van der Waals surface area contributed by atoms with Gasteiger partial charge in [0.05, 0.1) is 11.3 Å². The number of thioether (sulfide) groups is 1. The number of aromatic nitrogens is 3. The predicted octanol–water partition coefficient (Wildman–Crippen LogP) is 5.66. The number of hydrogen-bond donors (Lipinski definition) is 1. The molecule has 0 saturated heterocycles. The van der Waals surface area contributed by atoms with Gasteiger partial charge in [0.15, 0.2) is 5.16 Å². The van der Waals surface area contributed by atoms with Crippen molar-refractivity contribution in [2.45, 2.75) is 51.2 Å². The molecule has 0 spiro atoms. The zero-order valence-corrected chi connectivity index (χ0v) is 20.1. The lowest BCUT2D eigenvalue weighted by molar-refractivity contribution is -0.113. The summed E-state index contributed by atoms with van der Waals surface area (Å²) in [6, 6.07) is 11.7. The number of rotatable bonds is 8. The molecule has 8 heteroatoms. The Morgan fingerprint density at radius 3 is 2.72 bits per heavy atom. The van der Waals surface area contributed by atoms with Crippen molar-refractivity contribution in [3.05, 3.63) is 58.5 Å². The Morgan fingerprint density at radius 2 is 2.00 bits per heavy atom. The van der Waals surface area contributed by atoms with E-state index in [1.54, 1.807) is 10.8 Å². The average Bonchev–Trinajstić information content (AvgIpc) is 3.16. The molecular weight excluding hydrogens is 440 g/mol. The molecule has 0 radical (unpaired) electrons. The minimum Gasteiger partial charge on any atom is -0.325 e. The molecule has 3 aromatic heterocycles. The zero-order valence-electron chi connectivity index (χ0n) is 18.4. The molecule has 1 amide bonds. The molecule has 1 aromatic carbocycles. The van der Waals surface area contributed by atoms with Crippen LogP contribution in [0.4, 0.5) is 5.69 Å². The molecule has 0 aliphatic heterocycles. The molecular formula is C24H26N4O2S2. The largest absolute Gasteiger partial charge is 0.325 e. The third-order valence-corrected chi connectivity index (χ3v) is 7.31. The standard InChI is InChI=1S/C24H26N4O2S2/c1-4-5-13-28-23(30)21-20(18-7-6-12-25-22(18)32-21)27-24(28)31-14-19(29)26-17-10-8-16(9-11-17)15(2)3/h6-12,15H,4-5,13-14H2,1-3H3,(H,26,29). The highest BCUT2D eigenvalue weighted by molar-refractivity contribution is 7.99. The van der Waals surface area contributed by atoms with E-state index in [0.29, 0.717) is 27.8 Å². The predicted molar refractivity (Wildman–Crippen MR) is 134 cm³/mol. The number of benzene rings is 1. The highest BCUT2D eigenvalue weighted by atomic mass is 32.2. The van der Waals surface area contributed by atoms with E-state index in [9.17, 15) is 9.59 Å². The summed E-state index contributed by atoms with van der Waals surface area (Å²) in [5.74, 6) is 0.496. The molecule has 0 atom stereocenters. The normalized spacial score (nSPS) is 11.5. The van der Waals surface area contributed by atoms with Gasteiger partial charge in [0, 0.05) is 23.8 Å². The van der Waals surface area contributed by atoms with Gasteiger partial charge < -0.3 is 5.32 Å². The van der Waals surface area contributed by atoms with Gasteiger partial charge >= 0.3 is 0 Å². The molecule has 4 aromatic rings. The summed E-state index contributed by atoms with van der Waals surface area (Å²) in [6.07, 6.45) is 3.56. The quantitative estimate of drug-likeness (QED) is 0.268. The fourth-order valence-electron chi connectivity index (χ4n) is 3.44. The van der Waals surface area contributed by atoms with Crippen LogP contribution < -0.4 is 10.9 Å². The number of carbonyl (C=O) groups is 1. The van der Waals surface area contributed by atoms with Gasteiger partial charge in [0.25, 0.3) is 5.56 Å². The zero-order chi connectivity index (χ0) is 22.7. The van der Waals surface area contributed by atoms with E-state index in [2.05, 4.69) is 31.1 Å². The molecule has 0 aliphatic rings. The Kier molecular flexibility index (Phi) is 6.91. The second kappa shape index (κ2) is 9.83. The van der Waals surface area contributed by atoms with Gasteiger partial charge in [-0.2, -0.15) is 0 Å².